The van der Waals surface area contributed by atoms with Crippen molar-refractivity contribution in [3.8, 4) is 0 Å². The van der Waals surface area contributed by atoms with Gasteiger partial charge in [0.1, 0.15) is 0 Å². The topological polar surface area (TPSA) is 66.4 Å². The van der Waals surface area contributed by atoms with Crippen molar-refractivity contribution in [2.24, 2.45) is 0 Å². The summed E-state index contributed by atoms with van der Waals surface area (Å²) in [5.74, 6) is 0. The number of benzene rings is 1. The molecule has 0 bridgehead atoms. The van der Waals surface area contributed by atoms with Crippen molar-refractivity contribution in [3.63, 3.8) is 0 Å². The molecule has 0 saturated carbocycles. The molecule has 0 fully saturated rings. The van der Waals surface area contributed by atoms with E-state index in [2.05, 4.69) is 9.97 Å². The molecule has 0 aliphatic rings. The molecule has 0 unspecified atom stereocenters. The van der Waals surface area contributed by atoms with Gasteiger partial charge in [-0.2, -0.15) is 17.0 Å². The van der Waals surface area contributed by atoms with Gasteiger partial charge in [-0.15, -0.1) is 0 Å². The summed E-state index contributed by atoms with van der Waals surface area (Å²) in [4.78, 5) is 8.29. The predicted molar refractivity (Wildman–Crippen MR) is 85.7 cm³/mol. The second-order valence-corrected chi connectivity index (χ2v) is 7.53. The van der Waals surface area contributed by atoms with Crippen LogP contribution in [0.25, 0.3) is 0 Å². The van der Waals surface area contributed by atoms with Crippen molar-refractivity contribution < 1.29 is 8.42 Å². The van der Waals surface area contributed by atoms with E-state index < -0.39 is 16.3 Å². The zero-order valence-electron chi connectivity index (χ0n) is 12.5. The fraction of sp³-hybridized carbons (Fsp3) is 0.286. The van der Waals surface area contributed by atoms with Gasteiger partial charge in [-0.05, 0) is 17.7 Å². The number of halogens is 1. The van der Waals surface area contributed by atoms with Crippen LogP contribution in [0, 0.1) is 0 Å². The fourth-order valence-electron chi connectivity index (χ4n) is 2.05. The minimum atomic E-state index is -3.62. The molecule has 1 atom stereocenters. The second-order valence-electron chi connectivity index (χ2n) is 4.89. The molecule has 0 saturated heterocycles. The molecule has 1 aromatic carbocycles. The van der Waals surface area contributed by atoms with E-state index in [-0.39, 0.29) is 0 Å². The van der Waals surface area contributed by atoms with Crippen molar-refractivity contribution >= 4 is 21.8 Å². The summed E-state index contributed by atoms with van der Waals surface area (Å²) < 4.78 is 27.3. The van der Waals surface area contributed by atoms with Gasteiger partial charge in [0.25, 0.3) is 10.2 Å². The lowest BCUT2D eigenvalue weighted by molar-refractivity contribution is 0.374. The van der Waals surface area contributed by atoms with Crippen LogP contribution < -0.4 is 0 Å². The first-order valence-electron chi connectivity index (χ1n) is 6.51. The van der Waals surface area contributed by atoms with E-state index in [0.717, 1.165) is 9.87 Å². The number of hydrogen-bond acceptors (Lipinski definition) is 4. The molecular weight excluding hydrogens is 324 g/mol. The fourth-order valence-corrected chi connectivity index (χ4v) is 3.19. The van der Waals surface area contributed by atoms with E-state index in [0.29, 0.717) is 10.7 Å². The van der Waals surface area contributed by atoms with E-state index in [1.807, 2.05) is 0 Å². The Kier molecular flexibility index (Phi) is 5.12. The molecule has 6 nitrogen and oxygen atoms in total. The lowest BCUT2D eigenvalue weighted by Crippen LogP contribution is -2.40. The lowest BCUT2D eigenvalue weighted by Gasteiger charge is -2.29. The molecule has 2 aromatic rings. The Hall–Kier alpha value is -1.54. The van der Waals surface area contributed by atoms with Gasteiger partial charge in [-0.1, -0.05) is 23.7 Å². The van der Waals surface area contributed by atoms with Crippen LogP contribution in [0.2, 0.25) is 5.02 Å². The standard InChI is InChI=1S/C14H17ClN4O2S/c1-18(2)22(20,21)19(3)14(13-10-16-8-9-17-13)11-4-6-12(15)7-5-11/h4-10,14H,1-3H3/t14-/m0/s1. The summed E-state index contributed by atoms with van der Waals surface area (Å²) in [6, 6.07) is 6.41. The van der Waals surface area contributed by atoms with Gasteiger partial charge in [0.05, 0.1) is 17.9 Å². The molecular formula is C14H17ClN4O2S. The van der Waals surface area contributed by atoms with Crippen LogP contribution in [0.4, 0.5) is 0 Å². The van der Waals surface area contributed by atoms with Gasteiger partial charge in [-0.25, -0.2) is 0 Å². The smallest absolute Gasteiger partial charge is 0.261 e. The highest BCUT2D eigenvalue weighted by atomic mass is 35.5. The van der Waals surface area contributed by atoms with Crippen LogP contribution in [0.5, 0.6) is 0 Å². The Bertz CT molecular complexity index is 720. The van der Waals surface area contributed by atoms with Crippen molar-refractivity contribution in [1.82, 2.24) is 18.6 Å². The molecule has 8 heteroatoms. The lowest BCUT2D eigenvalue weighted by atomic mass is 10.0. The highest BCUT2D eigenvalue weighted by Crippen LogP contribution is 2.29. The minimum Gasteiger partial charge on any atom is -0.261 e. The normalized spacial score (nSPS) is 13.5. The zero-order chi connectivity index (χ0) is 16.3. The Morgan fingerprint density at radius 2 is 1.73 bits per heavy atom. The van der Waals surface area contributed by atoms with Crippen molar-refractivity contribution in [2.45, 2.75) is 6.04 Å². The maximum Gasteiger partial charge on any atom is 0.282 e. The Labute approximate surface area is 135 Å². The van der Waals surface area contributed by atoms with Gasteiger partial charge >= 0.3 is 0 Å². The Balaban J connectivity index is 2.54. The molecule has 0 aliphatic carbocycles. The van der Waals surface area contributed by atoms with Gasteiger partial charge in [0, 0.05) is 38.6 Å². The summed E-state index contributed by atoms with van der Waals surface area (Å²) in [6.45, 7) is 0. The summed E-state index contributed by atoms with van der Waals surface area (Å²) in [7, 11) is 0.876. The van der Waals surface area contributed by atoms with Crippen LogP contribution in [-0.4, -0.2) is 48.1 Å². The molecule has 0 radical (unpaired) electrons. The highest BCUT2D eigenvalue weighted by Gasteiger charge is 2.31. The van der Waals surface area contributed by atoms with Crippen molar-refractivity contribution in [1.29, 1.82) is 0 Å². The van der Waals surface area contributed by atoms with Crippen LogP contribution in [0.3, 0.4) is 0 Å². The van der Waals surface area contributed by atoms with Crippen LogP contribution in [-0.2, 0) is 10.2 Å². The van der Waals surface area contributed by atoms with E-state index >= 15 is 0 Å². The van der Waals surface area contributed by atoms with Crippen LogP contribution in [0.1, 0.15) is 17.3 Å². The van der Waals surface area contributed by atoms with Crippen LogP contribution in [0.15, 0.2) is 42.9 Å². The first kappa shape index (κ1) is 16.8. The number of nitrogens with zero attached hydrogens (tertiary/aromatic N) is 4. The molecule has 1 heterocycles. The minimum absolute atomic E-state index is 0.540. The first-order chi connectivity index (χ1) is 10.3. The third-order valence-corrected chi connectivity index (χ3v) is 5.35. The molecule has 0 N–H and O–H groups in total. The summed E-state index contributed by atoms with van der Waals surface area (Å²) in [6.07, 6.45) is 4.64. The van der Waals surface area contributed by atoms with E-state index in [4.69, 9.17) is 11.6 Å². The quantitative estimate of drug-likeness (QED) is 0.834. The predicted octanol–water partition coefficient (Wildman–Crippen LogP) is 1.96. The van der Waals surface area contributed by atoms with Crippen molar-refractivity contribution in [3.05, 3.63) is 59.1 Å². The molecule has 2 rings (SSSR count). The van der Waals surface area contributed by atoms with E-state index in [9.17, 15) is 8.42 Å². The first-order valence-corrected chi connectivity index (χ1v) is 8.28. The number of aromatic nitrogens is 2. The Morgan fingerprint density at radius 1 is 1.09 bits per heavy atom. The average Bonchev–Trinajstić information content (AvgIpc) is 2.50. The number of rotatable bonds is 5. The molecule has 1 aromatic heterocycles. The molecule has 118 valence electrons. The molecule has 0 amide bonds. The maximum atomic E-state index is 12.5. The third-order valence-electron chi connectivity index (χ3n) is 3.24. The van der Waals surface area contributed by atoms with Gasteiger partial charge in [0.15, 0.2) is 0 Å². The molecule has 0 aliphatic heterocycles. The Morgan fingerprint density at radius 3 is 2.23 bits per heavy atom. The van der Waals surface area contributed by atoms with Crippen LogP contribution >= 0.6 is 11.6 Å². The summed E-state index contributed by atoms with van der Waals surface area (Å²) in [5, 5.41) is 0.583. The molecule has 22 heavy (non-hydrogen) atoms. The van der Waals surface area contributed by atoms with Gasteiger partial charge < -0.3 is 0 Å². The zero-order valence-corrected chi connectivity index (χ0v) is 14.1. The van der Waals surface area contributed by atoms with E-state index in [1.165, 1.54) is 31.6 Å². The summed E-state index contributed by atoms with van der Waals surface area (Å²) in [5.41, 5.74) is 1.30. The highest BCUT2D eigenvalue weighted by molar-refractivity contribution is 7.86. The molecule has 0 spiro atoms. The van der Waals surface area contributed by atoms with Gasteiger partial charge in [0.2, 0.25) is 0 Å². The average molecular weight is 341 g/mol. The van der Waals surface area contributed by atoms with Gasteiger partial charge in [-0.3, -0.25) is 9.97 Å². The summed E-state index contributed by atoms with van der Waals surface area (Å²) >= 11 is 5.91. The third kappa shape index (κ3) is 3.44. The monoisotopic (exact) mass is 340 g/mol. The SMILES string of the molecule is CN(C)S(=O)(=O)N(C)[C@@H](c1ccc(Cl)cc1)c1cnccn1. The van der Waals surface area contributed by atoms with E-state index in [1.54, 1.807) is 36.7 Å². The van der Waals surface area contributed by atoms with Crippen molar-refractivity contribution in [2.75, 3.05) is 21.1 Å². The largest absolute Gasteiger partial charge is 0.282 e. The second kappa shape index (κ2) is 6.70. The maximum absolute atomic E-state index is 12.5. The number of hydrogen-bond donors (Lipinski definition) is 0.